The van der Waals surface area contributed by atoms with Crippen molar-refractivity contribution >= 4 is 45.9 Å². The van der Waals surface area contributed by atoms with E-state index in [9.17, 15) is 19.2 Å². The molecule has 2 heterocycles. The van der Waals surface area contributed by atoms with Gasteiger partial charge in [0.2, 0.25) is 0 Å². The lowest BCUT2D eigenvalue weighted by molar-refractivity contribution is 0.0980. The van der Waals surface area contributed by atoms with E-state index in [-0.39, 0.29) is 34.3 Å². The maximum atomic E-state index is 13.6. The van der Waals surface area contributed by atoms with Crippen LogP contribution < -0.4 is 32.7 Å². The summed E-state index contributed by atoms with van der Waals surface area (Å²) in [7, 11) is 0. The molecule has 4 aromatic rings. The van der Waals surface area contributed by atoms with Crippen molar-refractivity contribution < 1.29 is 19.2 Å². The Bertz CT molecular complexity index is 1720. The minimum atomic E-state index is -0.279. The van der Waals surface area contributed by atoms with Crippen LogP contribution in [0, 0.1) is 0 Å². The van der Waals surface area contributed by atoms with Crippen molar-refractivity contribution in [3.63, 3.8) is 0 Å². The number of ketones is 4. The Morgan fingerprint density at radius 3 is 1.16 bits per heavy atom. The molecule has 0 spiro atoms. The van der Waals surface area contributed by atoms with Gasteiger partial charge in [-0.1, -0.05) is 0 Å². The number of pyridine rings is 2. The standard InChI is InChI=1S/C33H32N8O4/c34-8-14-40-24-4-3-23(28-27(24)31(43)19-7-13-36-16-20(19)32(28)44)39-11-1-10-38-22-2-5-25(41-15-9-35)29-26(22)30(42)18-6-12-37-17-21(18)33(29)45/h2-7,12-13,16-17,38-41H,1,8-11,14-15,34-35H2. The zero-order valence-electron chi connectivity index (χ0n) is 24.4. The zero-order valence-corrected chi connectivity index (χ0v) is 24.4. The largest absolute Gasteiger partial charge is 0.384 e. The highest BCUT2D eigenvalue weighted by Gasteiger charge is 2.35. The molecule has 228 valence electrons. The molecule has 2 aromatic carbocycles. The summed E-state index contributed by atoms with van der Waals surface area (Å²) in [4.78, 5) is 62.2. The Balaban J connectivity index is 1.21. The summed E-state index contributed by atoms with van der Waals surface area (Å²) in [5.41, 5.74) is 15.9. The van der Waals surface area contributed by atoms with E-state index >= 15 is 0 Å². The summed E-state index contributed by atoms with van der Waals surface area (Å²) < 4.78 is 0. The molecule has 0 atom stereocenters. The second kappa shape index (κ2) is 12.6. The lowest BCUT2D eigenvalue weighted by atomic mass is 9.83. The Morgan fingerprint density at radius 2 is 0.800 bits per heavy atom. The van der Waals surface area contributed by atoms with Crippen molar-refractivity contribution in [1.82, 2.24) is 9.97 Å². The van der Waals surface area contributed by atoms with Gasteiger partial charge in [-0.05, 0) is 42.8 Å². The maximum Gasteiger partial charge on any atom is 0.198 e. The number of carbonyl (C=O) groups excluding carboxylic acids is 4. The number of benzene rings is 2. The third-order valence-corrected chi connectivity index (χ3v) is 7.84. The second-order valence-corrected chi connectivity index (χ2v) is 10.6. The van der Waals surface area contributed by atoms with E-state index in [0.29, 0.717) is 102 Å². The molecule has 12 nitrogen and oxygen atoms in total. The third-order valence-electron chi connectivity index (χ3n) is 7.84. The summed E-state index contributed by atoms with van der Waals surface area (Å²) in [5.74, 6) is -1.06. The number of hydrogen-bond donors (Lipinski definition) is 6. The Kier molecular flexibility index (Phi) is 8.32. The van der Waals surface area contributed by atoms with Crippen molar-refractivity contribution in [2.24, 2.45) is 11.5 Å². The number of nitrogens with zero attached hydrogens (tertiary/aromatic N) is 2. The molecule has 0 radical (unpaired) electrons. The van der Waals surface area contributed by atoms with Gasteiger partial charge >= 0.3 is 0 Å². The molecule has 6 rings (SSSR count). The average molecular weight is 605 g/mol. The molecule has 12 heteroatoms. The van der Waals surface area contributed by atoms with Gasteiger partial charge < -0.3 is 32.7 Å². The van der Waals surface area contributed by atoms with Crippen LogP contribution in [0.1, 0.15) is 70.1 Å². The molecular formula is C33H32N8O4. The summed E-state index contributed by atoms with van der Waals surface area (Å²) in [6.07, 6.45) is 6.43. The third kappa shape index (κ3) is 5.30. The zero-order chi connectivity index (χ0) is 31.5. The van der Waals surface area contributed by atoms with Crippen molar-refractivity contribution in [2.75, 3.05) is 60.5 Å². The Hall–Kier alpha value is -5.46. The normalized spacial score (nSPS) is 13.0. The maximum absolute atomic E-state index is 13.6. The molecule has 2 aliphatic rings. The molecular weight excluding hydrogens is 572 g/mol. The van der Waals surface area contributed by atoms with E-state index in [4.69, 9.17) is 11.5 Å². The van der Waals surface area contributed by atoms with Gasteiger partial charge in [-0.25, -0.2) is 0 Å². The van der Waals surface area contributed by atoms with E-state index in [1.807, 2.05) is 0 Å². The minimum absolute atomic E-state index is 0.252. The van der Waals surface area contributed by atoms with E-state index in [0.717, 1.165) is 0 Å². The molecule has 0 unspecified atom stereocenters. The molecule has 0 saturated carbocycles. The number of nitrogens with two attached hydrogens (primary N) is 2. The fraction of sp³-hybridized carbons (Fsp3) is 0.212. The predicted octanol–water partition coefficient (Wildman–Crippen LogP) is 2.68. The van der Waals surface area contributed by atoms with Crippen molar-refractivity contribution in [3.8, 4) is 0 Å². The average Bonchev–Trinajstić information content (AvgIpc) is 3.07. The van der Waals surface area contributed by atoms with Crippen LogP contribution >= 0.6 is 0 Å². The van der Waals surface area contributed by atoms with Gasteiger partial charge in [0.05, 0.1) is 33.4 Å². The molecule has 0 aliphatic heterocycles. The first kappa shape index (κ1) is 29.6. The highest BCUT2D eigenvalue weighted by molar-refractivity contribution is 6.32. The number of fused-ring (bicyclic) bond motifs is 4. The van der Waals surface area contributed by atoms with E-state index < -0.39 is 0 Å². The molecule has 8 N–H and O–H groups in total. The molecule has 45 heavy (non-hydrogen) atoms. The summed E-state index contributed by atoms with van der Waals surface area (Å²) in [6, 6.07) is 10.2. The van der Waals surface area contributed by atoms with Crippen LogP contribution in [-0.2, 0) is 0 Å². The van der Waals surface area contributed by atoms with Gasteiger partial charge in [-0.2, -0.15) is 0 Å². The van der Waals surface area contributed by atoms with Crippen LogP contribution in [0.3, 0.4) is 0 Å². The smallest absolute Gasteiger partial charge is 0.198 e. The number of hydrogen-bond acceptors (Lipinski definition) is 12. The first-order valence-electron chi connectivity index (χ1n) is 14.7. The van der Waals surface area contributed by atoms with Crippen LogP contribution in [-0.4, -0.2) is 72.4 Å². The number of anilines is 4. The SMILES string of the molecule is NCCNc1ccc(NCCCNc2ccc(NCCN)c3c2C(=O)c2cnccc2C3=O)c2c1C(=O)c1cnccc1C2=O. The lowest BCUT2D eigenvalue weighted by Gasteiger charge is -2.24. The molecule has 0 fully saturated rings. The van der Waals surface area contributed by atoms with Gasteiger partial charge in [0.15, 0.2) is 23.1 Å². The Labute approximate surface area is 259 Å². The second-order valence-electron chi connectivity index (χ2n) is 10.6. The number of rotatable bonds is 12. The van der Waals surface area contributed by atoms with E-state index in [1.165, 1.54) is 24.8 Å². The monoisotopic (exact) mass is 604 g/mol. The predicted molar refractivity (Wildman–Crippen MR) is 172 cm³/mol. The summed E-state index contributed by atoms with van der Waals surface area (Å²) in [6.45, 7) is 2.52. The molecule has 2 aromatic heterocycles. The summed E-state index contributed by atoms with van der Waals surface area (Å²) >= 11 is 0. The fourth-order valence-electron chi connectivity index (χ4n) is 5.77. The van der Waals surface area contributed by atoms with Crippen molar-refractivity contribution in [1.29, 1.82) is 0 Å². The first-order valence-corrected chi connectivity index (χ1v) is 14.7. The molecule has 2 aliphatic carbocycles. The number of carbonyl (C=O) groups is 4. The van der Waals surface area contributed by atoms with Crippen LogP contribution in [0.15, 0.2) is 61.2 Å². The first-order chi connectivity index (χ1) is 22.0. The van der Waals surface area contributed by atoms with Crippen molar-refractivity contribution in [3.05, 3.63) is 106 Å². The van der Waals surface area contributed by atoms with Crippen LogP contribution in [0.4, 0.5) is 22.7 Å². The highest BCUT2D eigenvalue weighted by Crippen LogP contribution is 2.37. The van der Waals surface area contributed by atoms with Crippen molar-refractivity contribution in [2.45, 2.75) is 6.42 Å². The lowest BCUT2D eigenvalue weighted by Crippen LogP contribution is -2.26. The molecule has 0 amide bonds. The highest BCUT2D eigenvalue weighted by atomic mass is 16.1. The van der Waals surface area contributed by atoms with Crippen LogP contribution in [0.2, 0.25) is 0 Å². The number of aromatic nitrogens is 2. The van der Waals surface area contributed by atoms with E-state index in [2.05, 4.69) is 31.2 Å². The van der Waals surface area contributed by atoms with Crippen LogP contribution in [0.25, 0.3) is 0 Å². The van der Waals surface area contributed by atoms with Gasteiger partial charge in [-0.3, -0.25) is 29.1 Å². The molecule has 0 saturated heterocycles. The molecule has 0 bridgehead atoms. The van der Waals surface area contributed by atoms with E-state index in [1.54, 1.807) is 36.4 Å². The van der Waals surface area contributed by atoms with Gasteiger partial charge in [0.1, 0.15) is 0 Å². The number of nitrogens with one attached hydrogen (secondary N) is 4. The minimum Gasteiger partial charge on any atom is -0.384 e. The Morgan fingerprint density at radius 1 is 0.467 bits per heavy atom. The topological polar surface area (TPSA) is 194 Å². The van der Waals surface area contributed by atoms with Gasteiger partial charge in [0, 0.05) is 97.9 Å². The van der Waals surface area contributed by atoms with Gasteiger partial charge in [0.25, 0.3) is 0 Å². The van der Waals surface area contributed by atoms with Gasteiger partial charge in [-0.15, -0.1) is 0 Å². The quantitative estimate of drug-likeness (QED) is 0.112. The van der Waals surface area contributed by atoms with Crippen LogP contribution in [0.5, 0.6) is 0 Å². The fourth-order valence-corrected chi connectivity index (χ4v) is 5.77. The summed E-state index contributed by atoms with van der Waals surface area (Å²) in [5, 5.41) is 12.9.